The molecule has 4 nitrogen and oxygen atoms in total. The SMILES string of the molecule is CCCCCC(CCC1=CCC(=O)[C@@H]1CCC=C=CCC(=O)O)O[Si](C)(C)C(C)(C)C. The molecule has 0 fully saturated rings. The van der Waals surface area contributed by atoms with Gasteiger partial charge in [-0.05, 0) is 62.4 Å². The minimum atomic E-state index is -1.82. The van der Waals surface area contributed by atoms with Crippen LogP contribution in [0.4, 0.5) is 0 Å². The van der Waals surface area contributed by atoms with E-state index in [2.05, 4.69) is 52.6 Å². The Hall–Kier alpha value is -1.42. The lowest BCUT2D eigenvalue weighted by molar-refractivity contribution is -0.136. The molecule has 0 heterocycles. The van der Waals surface area contributed by atoms with Gasteiger partial charge >= 0.3 is 5.97 Å². The van der Waals surface area contributed by atoms with E-state index < -0.39 is 14.3 Å². The number of rotatable bonds is 14. The molecule has 1 aliphatic carbocycles. The summed E-state index contributed by atoms with van der Waals surface area (Å²) >= 11 is 0. The van der Waals surface area contributed by atoms with Crippen molar-refractivity contribution in [2.45, 2.75) is 116 Å². The number of ketones is 1. The second-order valence-corrected chi connectivity index (χ2v) is 15.0. The maximum Gasteiger partial charge on any atom is 0.307 e. The molecule has 2 atom stereocenters. The van der Waals surface area contributed by atoms with Crippen LogP contribution in [0, 0.1) is 5.92 Å². The molecule has 0 aromatic carbocycles. The zero-order chi connectivity index (χ0) is 23.5. The summed E-state index contributed by atoms with van der Waals surface area (Å²) in [7, 11) is -1.82. The molecule has 0 radical (unpaired) electrons. The highest BCUT2D eigenvalue weighted by Gasteiger charge is 2.39. The van der Waals surface area contributed by atoms with Gasteiger partial charge < -0.3 is 9.53 Å². The maximum absolute atomic E-state index is 12.4. The smallest absolute Gasteiger partial charge is 0.307 e. The van der Waals surface area contributed by atoms with Gasteiger partial charge in [-0.2, -0.15) is 0 Å². The molecule has 1 unspecified atom stereocenters. The summed E-state index contributed by atoms with van der Waals surface area (Å²) in [4.78, 5) is 22.9. The Morgan fingerprint density at radius 3 is 2.61 bits per heavy atom. The first kappa shape index (κ1) is 27.6. The molecular weight excluding hydrogens is 404 g/mol. The summed E-state index contributed by atoms with van der Waals surface area (Å²) in [5, 5.41) is 8.85. The molecule has 0 bridgehead atoms. The number of aliphatic carboxylic acids is 1. The van der Waals surface area contributed by atoms with E-state index in [4.69, 9.17) is 9.53 Å². The number of carboxylic acids is 1. The van der Waals surface area contributed by atoms with Gasteiger partial charge in [-0.25, -0.2) is 0 Å². The summed E-state index contributed by atoms with van der Waals surface area (Å²) in [5.74, 6) is -0.544. The average Bonchev–Trinajstić information content (AvgIpc) is 3.01. The zero-order valence-electron chi connectivity index (χ0n) is 20.6. The first-order chi connectivity index (χ1) is 14.5. The molecule has 5 heteroatoms. The van der Waals surface area contributed by atoms with Crippen LogP contribution in [-0.4, -0.2) is 31.3 Å². The number of hydrogen-bond acceptors (Lipinski definition) is 3. The van der Waals surface area contributed by atoms with Crippen LogP contribution in [0.3, 0.4) is 0 Å². The van der Waals surface area contributed by atoms with Gasteiger partial charge in [0.1, 0.15) is 5.78 Å². The molecule has 1 N–H and O–H groups in total. The molecule has 31 heavy (non-hydrogen) atoms. The largest absolute Gasteiger partial charge is 0.481 e. The van der Waals surface area contributed by atoms with Gasteiger partial charge in [0.05, 0.1) is 6.42 Å². The van der Waals surface area contributed by atoms with Crippen molar-refractivity contribution in [1.82, 2.24) is 0 Å². The Morgan fingerprint density at radius 2 is 2.00 bits per heavy atom. The van der Waals surface area contributed by atoms with E-state index in [1.54, 1.807) is 0 Å². The topological polar surface area (TPSA) is 63.6 Å². The first-order valence-corrected chi connectivity index (χ1v) is 14.9. The first-order valence-electron chi connectivity index (χ1n) is 12.0. The highest BCUT2D eigenvalue weighted by Crippen LogP contribution is 2.39. The Labute approximate surface area is 191 Å². The molecule has 0 aromatic rings. The highest BCUT2D eigenvalue weighted by atomic mass is 28.4. The quantitative estimate of drug-likeness (QED) is 0.132. The minimum absolute atomic E-state index is 0.00156. The third-order valence-corrected chi connectivity index (χ3v) is 11.2. The van der Waals surface area contributed by atoms with Crippen LogP contribution in [0.15, 0.2) is 29.5 Å². The number of hydrogen-bond donors (Lipinski definition) is 1. The number of carbonyl (C=O) groups is 2. The molecule has 0 aliphatic heterocycles. The van der Waals surface area contributed by atoms with Gasteiger partial charge in [0.25, 0.3) is 0 Å². The van der Waals surface area contributed by atoms with Crippen molar-refractivity contribution in [2.24, 2.45) is 5.92 Å². The Bertz CT molecular complexity index is 678. The maximum atomic E-state index is 12.4. The van der Waals surface area contributed by atoms with Crippen LogP contribution >= 0.6 is 0 Å². The summed E-state index contributed by atoms with van der Waals surface area (Å²) in [6.07, 6.45) is 14.5. The Kier molecular flexibility index (Phi) is 11.8. The minimum Gasteiger partial charge on any atom is -0.481 e. The number of unbranched alkanes of at least 4 members (excludes halogenated alkanes) is 2. The third-order valence-electron chi connectivity index (χ3n) is 6.67. The summed E-state index contributed by atoms with van der Waals surface area (Å²) in [6.45, 7) is 13.7. The molecular formula is C26H44O4Si. The van der Waals surface area contributed by atoms with Gasteiger partial charge in [0.2, 0.25) is 0 Å². The van der Waals surface area contributed by atoms with Crippen molar-refractivity contribution >= 4 is 20.1 Å². The van der Waals surface area contributed by atoms with Crippen molar-refractivity contribution in [2.75, 3.05) is 0 Å². The van der Waals surface area contributed by atoms with Gasteiger partial charge in [-0.15, -0.1) is 5.73 Å². The van der Waals surface area contributed by atoms with Crippen LogP contribution in [0.2, 0.25) is 18.1 Å². The second-order valence-electron chi connectivity index (χ2n) is 10.3. The van der Waals surface area contributed by atoms with E-state index in [0.29, 0.717) is 12.2 Å². The lowest BCUT2D eigenvalue weighted by Crippen LogP contribution is -2.44. The fraction of sp³-hybridized carbons (Fsp3) is 0.731. The van der Waals surface area contributed by atoms with Gasteiger partial charge in [-0.3, -0.25) is 9.59 Å². The van der Waals surface area contributed by atoms with E-state index in [9.17, 15) is 9.59 Å². The van der Waals surface area contributed by atoms with Crippen LogP contribution < -0.4 is 0 Å². The number of carboxylic acid groups (broad SMARTS) is 1. The Morgan fingerprint density at radius 1 is 1.29 bits per heavy atom. The molecule has 1 aliphatic rings. The van der Waals surface area contributed by atoms with E-state index in [1.165, 1.54) is 30.9 Å². The second kappa shape index (κ2) is 13.2. The van der Waals surface area contributed by atoms with Gasteiger partial charge in [-0.1, -0.05) is 58.6 Å². The van der Waals surface area contributed by atoms with Crippen molar-refractivity contribution < 1.29 is 19.1 Å². The molecule has 0 saturated heterocycles. The lowest BCUT2D eigenvalue weighted by atomic mass is 9.91. The van der Waals surface area contributed by atoms with Gasteiger partial charge in [0.15, 0.2) is 8.32 Å². The van der Waals surface area contributed by atoms with Crippen molar-refractivity contribution in [3.05, 3.63) is 29.5 Å². The summed E-state index contributed by atoms with van der Waals surface area (Å²) < 4.78 is 6.77. The third kappa shape index (κ3) is 10.2. The molecule has 1 rings (SSSR count). The standard InChI is InChI=1S/C26H44O4Si/c1-7-8-11-14-22(30-31(5,6)26(2,3)4)19-17-21-18-20-24(27)23(21)15-12-9-10-13-16-25(28)29/h9,13,18,22-23H,7-8,11-12,14-17,19-20H2,1-6H3,(H,28,29)/t10?,22?,23-/m1/s1. The summed E-state index contributed by atoms with van der Waals surface area (Å²) in [6, 6.07) is 0. The monoisotopic (exact) mass is 448 g/mol. The number of Topliss-reactive ketones (excluding diaryl/α,β-unsaturated/α-hetero) is 1. The molecule has 176 valence electrons. The predicted octanol–water partition coefficient (Wildman–Crippen LogP) is 7.22. The van der Waals surface area contributed by atoms with Crippen molar-refractivity contribution in [3.8, 4) is 0 Å². The van der Waals surface area contributed by atoms with E-state index in [0.717, 1.165) is 32.1 Å². The average molecular weight is 449 g/mol. The fourth-order valence-electron chi connectivity index (χ4n) is 3.71. The zero-order valence-corrected chi connectivity index (χ0v) is 21.6. The molecule has 0 amide bonds. The van der Waals surface area contributed by atoms with Crippen LogP contribution in [0.25, 0.3) is 0 Å². The molecule has 0 saturated carbocycles. The van der Waals surface area contributed by atoms with E-state index in [-0.39, 0.29) is 23.5 Å². The number of allylic oxidation sites excluding steroid dienone is 2. The fourth-order valence-corrected chi connectivity index (χ4v) is 5.14. The van der Waals surface area contributed by atoms with E-state index >= 15 is 0 Å². The molecule has 0 aromatic heterocycles. The van der Waals surface area contributed by atoms with Crippen LogP contribution in [-0.2, 0) is 14.0 Å². The number of carbonyl (C=O) groups excluding carboxylic acids is 1. The Balaban J connectivity index is 2.68. The lowest BCUT2D eigenvalue weighted by Gasteiger charge is -2.39. The van der Waals surface area contributed by atoms with Crippen LogP contribution in [0.1, 0.15) is 91.9 Å². The van der Waals surface area contributed by atoms with Crippen molar-refractivity contribution in [1.29, 1.82) is 0 Å². The van der Waals surface area contributed by atoms with Crippen molar-refractivity contribution in [3.63, 3.8) is 0 Å². The van der Waals surface area contributed by atoms with Gasteiger partial charge in [0, 0.05) is 18.4 Å². The molecule has 0 spiro atoms. The highest BCUT2D eigenvalue weighted by molar-refractivity contribution is 6.74. The normalized spacial score (nSPS) is 17.8. The van der Waals surface area contributed by atoms with E-state index in [1.807, 2.05) is 6.08 Å². The van der Waals surface area contributed by atoms with Crippen LogP contribution in [0.5, 0.6) is 0 Å². The summed E-state index contributed by atoms with van der Waals surface area (Å²) in [5.41, 5.74) is 4.18. The predicted molar refractivity (Wildman–Crippen MR) is 131 cm³/mol.